The Balaban J connectivity index is 1.85. The molecule has 2 rings (SSSR count). The van der Waals surface area contributed by atoms with Crippen molar-refractivity contribution in [1.82, 2.24) is 4.98 Å². The zero-order valence-corrected chi connectivity index (χ0v) is 9.61. The van der Waals surface area contributed by atoms with Gasteiger partial charge >= 0.3 is 0 Å². The lowest BCUT2D eigenvalue weighted by Crippen LogP contribution is -2.05. The van der Waals surface area contributed by atoms with Crippen molar-refractivity contribution < 1.29 is 0 Å². The second-order valence-corrected chi connectivity index (χ2v) is 3.96. The monoisotopic (exact) mass is 232 g/mol. The van der Waals surface area contributed by atoms with E-state index in [1.807, 2.05) is 24.3 Å². The molecule has 0 aliphatic rings. The van der Waals surface area contributed by atoms with Crippen LogP contribution in [0, 0.1) is 0 Å². The number of nitrogens with zero attached hydrogens (tertiary/aromatic N) is 1. The quantitative estimate of drug-likeness (QED) is 0.874. The fourth-order valence-electron chi connectivity index (χ4n) is 1.48. The molecule has 0 aliphatic heterocycles. The van der Waals surface area contributed by atoms with Crippen LogP contribution < -0.4 is 5.32 Å². The Bertz CT molecular complexity index is 443. The SMILES string of the molecule is Clc1ccnc(NCCc2ccccc2)c1. The van der Waals surface area contributed by atoms with Crippen LogP contribution in [0.3, 0.4) is 0 Å². The minimum Gasteiger partial charge on any atom is -0.370 e. The van der Waals surface area contributed by atoms with Crippen molar-refractivity contribution in [2.45, 2.75) is 6.42 Å². The molecular weight excluding hydrogens is 220 g/mol. The first-order chi connectivity index (χ1) is 7.84. The highest BCUT2D eigenvalue weighted by Gasteiger charge is 1.95. The highest BCUT2D eigenvalue weighted by Crippen LogP contribution is 2.11. The predicted octanol–water partition coefficient (Wildman–Crippen LogP) is 3.39. The number of pyridine rings is 1. The summed E-state index contributed by atoms with van der Waals surface area (Å²) in [6.07, 6.45) is 2.68. The summed E-state index contributed by atoms with van der Waals surface area (Å²) in [5.74, 6) is 0.823. The van der Waals surface area contributed by atoms with Crippen LogP contribution in [0.1, 0.15) is 5.56 Å². The van der Waals surface area contributed by atoms with Gasteiger partial charge in [-0.15, -0.1) is 0 Å². The number of hydrogen-bond donors (Lipinski definition) is 1. The summed E-state index contributed by atoms with van der Waals surface area (Å²) in [5, 5.41) is 3.94. The molecule has 1 aromatic heterocycles. The van der Waals surface area contributed by atoms with E-state index in [1.54, 1.807) is 12.3 Å². The Morgan fingerprint density at radius 1 is 1.12 bits per heavy atom. The number of halogens is 1. The standard InChI is InChI=1S/C13H13ClN2/c14-12-7-9-16-13(10-12)15-8-6-11-4-2-1-3-5-11/h1-5,7,9-10H,6,8H2,(H,15,16). The number of aromatic nitrogens is 1. The largest absolute Gasteiger partial charge is 0.370 e. The number of benzene rings is 1. The average Bonchev–Trinajstić information content (AvgIpc) is 2.30. The molecule has 0 atom stereocenters. The van der Waals surface area contributed by atoms with E-state index in [4.69, 9.17) is 11.6 Å². The third kappa shape index (κ3) is 3.24. The van der Waals surface area contributed by atoms with E-state index in [1.165, 1.54) is 5.56 Å². The Kier molecular flexibility index (Phi) is 3.78. The van der Waals surface area contributed by atoms with Gasteiger partial charge in [-0.1, -0.05) is 41.9 Å². The number of anilines is 1. The first kappa shape index (κ1) is 11.0. The lowest BCUT2D eigenvalue weighted by molar-refractivity contribution is 1.01. The molecule has 1 N–H and O–H groups in total. The molecule has 0 amide bonds. The second-order valence-electron chi connectivity index (χ2n) is 3.52. The summed E-state index contributed by atoms with van der Waals surface area (Å²) in [4.78, 5) is 4.18. The van der Waals surface area contributed by atoms with Gasteiger partial charge in [0, 0.05) is 17.8 Å². The molecule has 1 aromatic carbocycles. The van der Waals surface area contributed by atoms with E-state index in [-0.39, 0.29) is 0 Å². The Morgan fingerprint density at radius 2 is 1.94 bits per heavy atom. The number of nitrogens with one attached hydrogen (secondary N) is 1. The minimum atomic E-state index is 0.706. The Labute approximate surface area is 100 Å². The molecule has 2 nitrogen and oxygen atoms in total. The van der Waals surface area contributed by atoms with Crippen molar-refractivity contribution in [2.75, 3.05) is 11.9 Å². The zero-order chi connectivity index (χ0) is 11.2. The molecule has 0 saturated heterocycles. The molecular formula is C13H13ClN2. The maximum Gasteiger partial charge on any atom is 0.127 e. The minimum absolute atomic E-state index is 0.706. The van der Waals surface area contributed by atoms with Crippen LogP contribution in [0.5, 0.6) is 0 Å². The van der Waals surface area contributed by atoms with Crippen LogP contribution in [0.15, 0.2) is 48.7 Å². The molecule has 0 saturated carbocycles. The summed E-state index contributed by atoms with van der Waals surface area (Å²) >= 11 is 5.86. The molecule has 2 aromatic rings. The van der Waals surface area contributed by atoms with Gasteiger partial charge < -0.3 is 5.32 Å². The fourth-order valence-corrected chi connectivity index (χ4v) is 1.64. The Morgan fingerprint density at radius 3 is 2.69 bits per heavy atom. The Hall–Kier alpha value is -1.54. The molecule has 0 bridgehead atoms. The summed E-state index contributed by atoms with van der Waals surface area (Å²) in [6.45, 7) is 0.858. The molecule has 82 valence electrons. The molecule has 0 aliphatic carbocycles. The third-order valence-electron chi connectivity index (χ3n) is 2.28. The van der Waals surface area contributed by atoms with Crippen LogP contribution >= 0.6 is 11.6 Å². The summed E-state index contributed by atoms with van der Waals surface area (Å²) in [6, 6.07) is 14.0. The van der Waals surface area contributed by atoms with Crippen LogP contribution in [-0.2, 0) is 6.42 Å². The van der Waals surface area contributed by atoms with E-state index >= 15 is 0 Å². The summed E-state index contributed by atoms with van der Waals surface area (Å²) < 4.78 is 0. The van der Waals surface area contributed by atoms with Crippen molar-refractivity contribution in [3.05, 3.63) is 59.2 Å². The van der Waals surface area contributed by atoms with Gasteiger partial charge in [-0.25, -0.2) is 4.98 Å². The summed E-state index contributed by atoms with van der Waals surface area (Å²) in [7, 11) is 0. The number of hydrogen-bond acceptors (Lipinski definition) is 2. The van der Waals surface area contributed by atoms with Crippen molar-refractivity contribution in [3.63, 3.8) is 0 Å². The second kappa shape index (κ2) is 5.52. The smallest absolute Gasteiger partial charge is 0.127 e. The van der Waals surface area contributed by atoms with Crippen molar-refractivity contribution >= 4 is 17.4 Å². The van der Waals surface area contributed by atoms with Crippen molar-refractivity contribution in [1.29, 1.82) is 0 Å². The van der Waals surface area contributed by atoms with Crippen LogP contribution in [0.4, 0.5) is 5.82 Å². The first-order valence-electron chi connectivity index (χ1n) is 5.24. The van der Waals surface area contributed by atoms with Crippen molar-refractivity contribution in [3.8, 4) is 0 Å². The maximum atomic E-state index is 5.86. The van der Waals surface area contributed by atoms with Gasteiger partial charge in [-0.3, -0.25) is 0 Å². The van der Waals surface area contributed by atoms with E-state index in [9.17, 15) is 0 Å². The van der Waals surface area contributed by atoms with Gasteiger partial charge in [-0.2, -0.15) is 0 Å². The van der Waals surface area contributed by atoms with E-state index in [2.05, 4.69) is 22.4 Å². The van der Waals surface area contributed by atoms with Crippen LogP contribution in [0.2, 0.25) is 5.02 Å². The van der Waals surface area contributed by atoms with E-state index in [0.717, 1.165) is 18.8 Å². The highest BCUT2D eigenvalue weighted by atomic mass is 35.5. The van der Waals surface area contributed by atoms with Crippen molar-refractivity contribution in [2.24, 2.45) is 0 Å². The van der Waals surface area contributed by atoms with Gasteiger partial charge in [0.1, 0.15) is 5.82 Å². The molecule has 0 unspecified atom stereocenters. The van der Waals surface area contributed by atoms with Gasteiger partial charge in [-0.05, 0) is 24.1 Å². The zero-order valence-electron chi connectivity index (χ0n) is 8.86. The summed E-state index contributed by atoms with van der Waals surface area (Å²) in [5.41, 5.74) is 1.32. The van der Waals surface area contributed by atoms with E-state index in [0.29, 0.717) is 5.02 Å². The van der Waals surface area contributed by atoms with Gasteiger partial charge in [0.2, 0.25) is 0 Å². The predicted molar refractivity (Wildman–Crippen MR) is 67.9 cm³/mol. The van der Waals surface area contributed by atoms with E-state index < -0.39 is 0 Å². The van der Waals surface area contributed by atoms with Gasteiger partial charge in [0.15, 0.2) is 0 Å². The average molecular weight is 233 g/mol. The molecule has 16 heavy (non-hydrogen) atoms. The highest BCUT2D eigenvalue weighted by molar-refractivity contribution is 6.30. The molecule has 0 radical (unpaired) electrons. The molecule has 3 heteroatoms. The van der Waals surface area contributed by atoms with Crippen LogP contribution in [0.25, 0.3) is 0 Å². The number of rotatable bonds is 4. The maximum absolute atomic E-state index is 5.86. The lowest BCUT2D eigenvalue weighted by Gasteiger charge is -2.05. The molecule has 1 heterocycles. The van der Waals surface area contributed by atoms with Gasteiger partial charge in [0.05, 0.1) is 0 Å². The molecule has 0 spiro atoms. The van der Waals surface area contributed by atoms with Gasteiger partial charge in [0.25, 0.3) is 0 Å². The van der Waals surface area contributed by atoms with Crippen LogP contribution in [-0.4, -0.2) is 11.5 Å². The third-order valence-corrected chi connectivity index (χ3v) is 2.52. The lowest BCUT2D eigenvalue weighted by atomic mass is 10.1. The molecule has 0 fully saturated rings. The fraction of sp³-hybridized carbons (Fsp3) is 0.154. The topological polar surface area (TPSA) is 24.9 Å². The first-order valence-corrected chi connectivity index (χ1v) is 5.62. The normalized spacial score (nSPS) is 10.1.